The number of nitrogens with zero attached hydrogens (tertiary/aromatic N) is 2. The summed E-state index contributed by atoms with van der Waals surface area (Å²) >= 11 is 0. The van der Waals surface area contributed by atoms with Gasteiger partial charge >= 0.3 is 0 Å². The molecule has 3 nitrogen and oxygen atoms in total. The normalized spacial score (nSPS) is 16.6. The summed E-state index contributed by atoms with van der Waals surface area (Å²) in [5.41, 5.74) is 21.5. The van der Waals surface area contributed by atoms with Gasteiger partial charge in [-0.05, 0) is 158 Å². The number of hydrogen-bond donors (Lipinski definition) is 0. The van der Waals surface area contributed by atoms with E-state index in [1.807, 2.05) is 0 Å². The monoisotopic (exact) mass is 774 g/mol. The maximum atomic E-state index is 7.33. The average Bonchev–Trinajstić information content (AvgIpc) is 3.54. The number of fused-ring (bicyclic) bond motifs is 8. The highest BCUT2D eigenvalue weighted by molar-refractivity contribution is 7.00. The van der Waals surface area contributed by atoms with Crippen LogP contribution < -0.4 is 26.4 Å². The molecule has 0 spiro atoms. The van der Waals surface area contributed by atoms with Crippen LogP contribution in [0.1, 0.15) is 121 Å². The molecule has 0 fully saturated rings. The average molecular weight is 775 g/mol. The zero-order chi connectivity index (χ0) is 41.7. The van der Waals surface area contributed by atoms with Gasteiger partial charge in [-0.1, -0.05) is 124 Å². The smallest absolute Gasteiger partial charge is 0.297 e. The summed E-state index contributed by atoms with van der Waals surface area (Å²) in [6.07, 6.45) is 2.36. The summed E-state index contributed by atoms with van der Waals surface area (Å²) in [7, 11) is 0. The molecule has 0 saturated carbocycles. The van der Waals surface area contributed by atoms with Crippen LogP contribution in [0.4, 0.5) is 34.1 Å². The van der Waals surface area contributed by atoms with Gasteiger partial charge in [0.05, 0.1) is 17.0 Å². The first-order valence-corrected chi connectivity index (χ1v) is 21.8. The molecule has 10 rings (SSSR count). The van der Waals surface area contributed by atoms with E-state index in [1.54, 1.807) is 0 Å². The SMILES string of the molecule is Cc1cc2c3c(c1)N(c1ccc4c(c1)C(C)(C)CCC4(C)C)c1c(oc4ccc(C(C)(C)C)cc14)B3c1cc3ccccc3cc1N2c1c(C)cc(C(C)(C)C)cc1C. The molecule has 59 heavy (non-hydrogen) atoms. The van der Waals surface area contributed by atoms with E-state index in [0.717, 1.165) is 11.2 Å². The van der Waals surface area contributed by atoms with Crippen molar-refractivity contribution < 1.29 is 4.42 Å². The zero-order valence-electron chi connectivity index (χ0n) is 37.5. The summed E-state index contributed by atoms with van der Waals surface area (Å²) in [4.78, 5) is 5.18. The van der Waals surface area contributed by atoms with Crippen molar-refractivity contribution in [1.29, 1.82) is 0 Å². The molecule has 0 N–H and O–H groups in total. The standard InChI is InChI=1S/C55H59BN2O/c1-32-24-45-48-46(25-32)58(49-33(2)26-38(27-34(49)3)53(7,8)9)44-29-36-17-15-14-16-35(36)28-43(44)56(48)51-50(40-30-37(52(4,5)6)18-21-47(40)59-51)57(45)39-19-20-41-42(31-39)55(12,13)23-22-54(41,10)11/h14-21,24-31H,22-23H2,1-13H3. The van der Waals surface area contributed by atoms with Crippen LogP contribution in [0.15, 0.2) is 101 Å². The minimum atomic E-state index is -0.101. The molecule has 2 aliphatic heterocycles. The largest absolute Gasteiger partial charge is 0.468 e. The van der Waals surface area contributed by atoms with Gasteiger partial charge in [0.15, 0.2) is 0 Å². The Hall–Kier alpha value is -5.22. The Kier molecular flexibility index (Phi) is 8.00. The molecule has 0 atom stereocenters. The molecule has 1 aliphatic carbocycles. The van der Waals surface area contributed by atoms with Crippen LogP contribution in [0.5, 0.6) is 0 Å². The van der Waals surface area contributed by atoms with Crippen molar-refractivity contribution in [3.63, 3.8) is 0 Å². The number of hydrogen-bond acceptors (Lipinski definition) is 3. The Morgan fingerprint density at radius 1 is 0.576 bits per heavy atom. The lowest BCUT2D eigenvalue weighted by Gasteiger charge is -2.45. The number of anilines is 6. The van der Waals surface area contributed by atoms with E-state index in [9.17, 15) is 0 Å². The number of benzene rings is 6. The van der Waals surface area contributed by atoms with Crippen molar-refractivity contribution in [1.82, 2.24) is 0 Å². The van der Waals surface area contributed by atoms with Gasteiger partial charge in [0.2, 0.25) is 0 Å². The molecule has 1 aromatic heterocycles. The van der Waals surface area contributed by atoms with E-state index in [0.29, 0.717) is 0 Å². The van der Waals surface area contributed by atoms with Crippen molar-refractivity contribution in [2.45, 2.75) is 125 Å². The Labute approximate surface area is 352 Å². The van der Waals surface area contributed by atoms with E-state index < -0.39 is 0 Å². The van der Waals surface area contributed by atoms with Gasteiger partial charge in [-0.25, -0.2) is 0 Å². The van der Waals surface area contributed by atoms with Crippen molar-refractivity contribution in [3.8, 4) is 0 Å². The van der Waals surface area contributed by atoms with E-state index >= 15 is 0 Å². The summed E-state index contributed by atoms with van der Waals surface area (Å²) < 4.78 is 7.33. The molecule has 3 aliphatic rings. The molecule has 0 saturated heterocycles. The van der Waals surface area contributed by atoms with E-state index in [2.05, 4.69) is 197 Å². The summed E-state index contributed by atoms with van der Waals surface area (Å²) in [5, 5.41) is 3.66. The lowest BCUT2D eigenvalue weighted by Crippen LogP contribution is -2.61. The third-order valence-corrected chi connectivity index (χ3v) is 14.2. The number of rotatable bonds is 2. The van der Waals surface area contributed by atoms with Crippen LogP contribution in [0.25, 0.3) is 21.7 Å². The molecule has 6 aromatic carbocycles. The van der Waals surface area contributed by atoms with Crippen LogP contribution in [-0.4, -0.2) is 6.71 Å². The fourth-order valence-corrected chi connectivity index (χ4v) is 10.7. The highest BCUT2D eigenvalue weighted by atomic mass is 16.3. The molecule has 0 bridgehead atoms. The third-order valence-electron chi connectivity index (χ3n) is 14.2. The van der Waals surface area contributed by atoms with Crippen LogP contribution in [0.3, 0.4) is 0 Å². The van der Waals surface area contributed by atoms with Crippen molar-refractivity contribution in [2.75, 3.05) is 9.80 Å². The Morgan fingerprint density at radius 2 is 1.19 bits per heavy atom. The Morgan fingerprint density at radius 3 is 1.83 bits per heavy atom. The predicted molar refractivity (Wildman–Crippen MR) is 255 cm³/mol. The first kappa shape index (κ1) is 38.0. The van der Waals surface area contributed by atoms with Gasteiger partial charge in [0.1, 0.15) is 5.58 Å². The van der Waals surface area contributed by atoms with Gasteiger partial charge in [-0.3, -0.25) is 0 Å². The van der Waals surface area contributed by atoms with E-state index in [4.69, 9.17) is 4.42 Å². The molecule has 0 radical (unpaired) electrons. The minimum Gasteiger partial charge on any atom is -0.468 e. The predicted octanol–water partition coefficient (Wildman–Crippen LogP) is 13.5. The number of aryl methyl sites for hydroxylation is 3. The summed E-state index contributed by atoms with van der Waals surface area (Å²) in [6.45, 7) is 30.4. The number of furan rings is 1. The summed E-state index contributed by atoms with van der Waals surface area (Å²) in [6, 6.07) is 37.7. The second-order valence-corrected chi connectivity index (χ2v) is 21.6. The highest BCUT2D eigenvalue weighted by Crippen LogP contribution is 2.52. The van der Waals surface area contributed by atoms with Gasteiger partial charge in [-0.15, -0.1) is 0 Å². The lowest BCUT2D eigenvalue weighted by atomic mass is 9.35. The zero-order valence-corrected chi connectivity index (χ0v) is 37.5. The summed E-state index contributed by atoms with van der Waals surface area (Å²) in [5.74, 6) is 0. The minimum absolute atomic E-state index is 0.0178. The first-order valence-electron chi connectivity index (χ1n) is 21.8. The fourth-order valence-electron chi connectivity index (χ4n) is 10.7. The molecular weight excluding hydrogens is 715 g/mol. The first-order chi connectivity index (χ1) is 27.7. The van der Waals surface area contributed by atoms with Crippen LogP contribution in [-0.2, 0) is 21.7 Å². The van der Waals surface area contributed by atoms with E-state index in [1.165, 1.54) is 113 Å². The Bertz CT molecular complexity index is 2890. The fraction of sp³-hybridized carbons (Fsp3) is 0.345. The van der Waals surface area contributed by atoms with Crippen LogP contribution >= 0.6 is 0 Å². The molecular formula is C55H59BN2O. The molecule has 7 aromatic rings. The third kappa shape index (κ3) is 5.68. The van der Waals surface area contributed by atoms with Gasteiger partial charge < -0.3 is 14.2 Å². The molecule has 0 amide bonds. The van der Waals surface area contributed by atoms with Gasteiger partial charge in [0.25, 0.3) is 6.71 Å². The maximum absolute atomic E-state index is 7.33. The van der Waals surface area contributed by atoms with Crippen LogP contribution in [0.2, 0.25) is 0 Å². The van der Waals surface area contributed by atoms with Gasteiger partial charge in [-0.2, -0.15) is 0 Å². The molecule has 0 unspecified atom stereocenters. The topological polar surface area (TPSA) is 19.6 Å². The maximum Gasteiger partial charge on any atom is 0.297 e. The van der Waals surface area contributed by atoms with Crippen LogP contribution in [0, 0.1) is 20.8 Å². The quantitative estimate of drug-likeness (QED) is 0.163. The van der Waals surface area contributed by atoms with Crippen molar-refractivity contribution in [3.05, 3.63) is 136 Å². The van der Waals surface area contributed by atoms with Gasteiger partial charge in [0, 0.05) is 28.1 Å². The second-order valence-electron chi connectivity index (χ2n) is 21.6. The molecule has 298 valence electrons. The van der Waals surface area contributed by atoms with Crippen molar-refractivity contribution in [2.24, 2.45) is 0 Å². The molecule has 3 heterocycles. The molecule has 4 heteroatoms. The van der Waals surface area contributed by atoms with E-state index in [-0.39, 0.29) is 28.4 Å². The second kappa shape index (κ2) is 12.4. The van der Waals surface area contributed by atoms with Crippen molar-refractivity contribution >= 4 is 79.2 Å². The lowest BCUT2D eigenvalue weighted by molar-refractivity contribution is 0.332. The Balaban J connectivity index is 1.34. The highest BCUT2D eigenvalue weighted by Gasteiger charge is 2.48.